The number of halogens is 1. The lowest BCUT2D eigenvalue weighted by Gasteiger charge is -2.38. The topological polar surface area (TPSA) is 49.3 Å². The first-order valence-corrected chi connectivity index (χ1v) is 4.26. The summed E-state index contributed by atoms with van der Waals surface area (Å²) in [6, 6.07) is 0. The van der Waals surface area contributed by atoms with E-state index in [4.69, 9.17) is 5.11 Å². The molecule has 0 amide bonds. The molecule has 70 valence electrons. The van der Waals surface area contributed by atoms with Gasteiger partial charge in [0.2, 0.25) is 0 Å². The molecule has 1 aliphatic rings. The second-order valence-electron chi connectivity index (χ2n) is 3.21. The third-order valence-corrected chi connectivity index (χ3v) is 2.39. The predicted molar refractivity (Wildman–Crippen MR) is 42.8 cm³/mol. The van der Waals surface area contributed by atoms with Crippen LogP contribution in [0.15, 0.2) is 0 Å². The molecule has 0 atom stereocenters. The fourth-order valence-corrected chi connectivity index (χ4v) is 1.39. The molecule has 0 bridgehead atoms. The number of alkyl halides is 1. The average Bonchev–Trinajstić information content (AvgIpc) is 1.94. The highest BCUT2D eigenvalue weighted by atomic mass is 19.1. The molecule has 0 spiro atoms. The Labute approximate surface area is 71.0 Å². The van der Waals surface area contributed by atoms with Crippen LogP contribution in [0, 0.1) is 0 Å². The third-order valence-electron chi connectivity index (χ3n) is 2.39. The summed E-state index contributed by atoms with van der Waals surface area (Å²) in [6.07, 6.45) is 2.70. The van der Waals surface area contributed by atoms with Gasteiger partial charge in [-0.3, -0.25) is 9.18 Å². The minimum absolute atomic E-state index is 0.386. The molecule has 0 aromatic heterocycles. The second kappa shape index (κ2) is 3.85. The van der Waals surface area contributed by atoms with E-state index in [1.54, 1.807) is 0 Å². The molecule has 0 heterocycles. The number of carbonyl (C=O) groups is 1. The molecule has 0 aromatic rings. The van der Waals surface area contributed by atoms with Crippen molar-refractivity contribution in [2.75, 3.05) is 13.2 Å². The maximum absolute atomic E-state index is 11.7. The maximum atomic E-state index is 11.7. The van der Waals surface area contributed by atoms with Gasteiger partial charge in [0.25, 0.3) is 0 Å². The van der Waals surface area contributed by atoms with Gasteiger partial charge in [0.1, 0.15) is 5.54 Å². The Bertz CT molecular complexity index is 168. The number of rotatable bonds is 5. The summed E-state index contributed by atoms with van der Waals surface area (Å²) in [7, 11) is 0. The van der Waals surface area contributed by atoms with E-state index in [1.165, 1.54) is 0 Å². The van der Waals surface area contributed by atoms with Gasteiger partial charge in [-0.15, -0.1) is 0 Å². The zero-order valence-electron chi connectivity index (χ0n) is 6.98. The molecule has 0 saturated heterocycles. The van der Waals surface area contributed by atoms with E-state index >= 15 is 0 Å². The van der Waals surface area contributed by atoms with E-state index in [9.17, 15) is 9.18 Å². The van der Waals surface area contributed by atoms with Gasteiger partial charge in [-0.05, 0) is 32.2 Å². The first kappa shape index (κ1) is 9.45. The van der Waals surface area contributed by atoms with Crippen LogP contribution in [0.5, 0.6) is 0 Å². The van der Waals surface area contributed by atoms with Crippen LogP contribution >= 0.6 is 0 Å². The van der Waals surface area contributed by atoms with E-state index in [0.717, 1.165) is 6.42 Å². The van der Waals surface area contributed by atoms with Crippen LogP contribution in [0.3, 0.4) is 0 Å². The molecule has 0 aromatic carbocycles. The van der Waals surface area contributed by atoms with Gasteiger partial charge in [0.15, 0.2) is 0 Å². The van der Waals surface area contributed by atoms with Crippen molar-refractivity contribution in [1.29, 1.82) is 0 Å². The molecule has 1 saturated carbocycles. The van der Waals surface area contributed by atoms with Crippen LogP contribution in [0.2, 0.25) is 0 Å². The molecular formula is C8H14FNO2. The van der Waals surface area contributed by atoms with Crippen LogP contribution in [0.4, 0.5) is 4.39 Å². The quantitative estimate of drug-likeness (QED) is 0.611. The SMILES string of the molecule is O=C(O)C1(NCCCF)CCC1. The summed E-state index contributed by atoms with van der Waals surface area (Å²) in [4.78, 5) is 10.7. The number of carboxylic acids is 1. The van der Waals surface area contributed by atoms with Crippen LogP contribution in [0.25, 0.3) is 0 Å². The van der Waals surface area contributed by atoms with Crippen LogP contribution < -0.4 is 5.32 Å². The first-order chi connectivity index (χ1) is 5.71. The molecule has 3 nitrogen and oxygen atoms in total. The van der Waals surface area contributed by atoms with Crippen LogP contribution in [-0.4, -0.2) is 29.8 Å². The van der Waals surface area contributed by atoms with Crippen LogP contribution in [-0.2, 0) is 4.79 Å². The Morgan fingerprint density at radius 3 is 2.58 bits per heavy atom. The Balaban J connectivity index is 2.30. The van der Waals surface area contributed by atoms with Gasteiger partial charge in [0, 0.05) is 0 Å². The summed E-state index contributed by atoms with van der Waals surface area (Å²) in [6.45, 7) is 0.0749. The van der Waals surface area contributed by atoms with Crippen molar-refractivity contribution in [2.45, 2.75) is 31.2 Å². The van der Waals surface area contributed by atoms with Gasteiger partial charge in [-0.25, -0.2) is 0 Å². The van der Waals surface area contributed by atoms with E-state index in [2.05, 4.69) is 5.32 Å². The number of carboxylic acid groups (broad SMARTS) is 1. The molecular weight excluding hydrogens is 161 g/mol. The first-order valence-electron chi connectivity index (χ1n) is 4.26. The Morgan fingerprint density at radius 1 is 1.58 bits per heavy atom. The van der Waals surface area contributed by atoms with Crippen LogP contribution in [0.1, 0.15) is 25.7 Å². The molecule has 0 aliphatic heterocycles. The smallest absolute Gasteiger partial charge is 0.323 e. The van der Waals surface area contributed by atoms with Gasteiger partial charge in [0.05, 0.1) is 6.67 Å². The minimum Gasteiger partial charge on any atom is -0.480 e. The van der Waals surface area contributed by atoms with Gasteiger partial charge >= 0.3 is 5.97 Å². The molecule has 1 rings (SSSR count). The van der Waals surface area contributed by atoms with E-state index < -0.39 is 11.5 Å². The summed E-state index contributed by atoms with van der Waals surface area (Å²) < 4.78 is 11.7. The van der Waals surface area contributed by atoms with E-state index in [1.807, 2.05) is 0 Å². The summed E-state index contributed by atoms with van der Waals surface area (Å²) in [5, 5.41) is 11.7. The Hall–Kier alpha value is -0.640. The molecule has 0 radical (unpaired) electrons. The monoisotopic (exact) mass is 175 g/mol. The summed E-state index contributed by atoms with van der Waals surface area (Å²) >= 11 is 0. The van der Waals surface area contributed by atoms with E-state index in [0.29, 0.717) is 25.8 Å². The standard InChI is InChI=1S/C8H14FNO2/c9-5-2-6-10-8(7(11)12)3-1-4-8/h10H,1-6H2,(H,11,12). The van der Waals surface area contributed by atoms with Gasteiger partial charge in [-0.1, -0.05) is 0 Å². The van der Waals surface area contributed by atoms with Crippen molar-refractivity contribution in [2.24, 2.45) is 0 Å². The fourth-order valence-electron chi connectivity index (χ4n) is 1.39. The number of aliphatic carboxylic acids is 1. The lowest BCUT2D eigenvalue weighted by atomic mass is 9.77. The molecule has 2 N–H and O–H groups in total. The lowest BCUT2D eigenvalue weighted by Crippen LogP contribution is -2.57. The number of hydrogen-bond donors (Lipinski definition) is 2. The van der Waals surface area contributed by atoms with E-state index in [-0.39, 0.29) is 6.67 Å². The molecule has 1 aliphatic carbocycles. The van der Waals surface area contributed by atoms with Gasteiger partial charge in [-0.2, -0.15) is 0 Å². The number of nitrogens with one attached hydrogen (secondary N) is 1. The highest BCUT2D eigenvalue weighted by Gasteiger charge is 2.43. The third kappa shape index (κ3) is 1.75. The van der Waals surface area contributed by atoms with Crippen molar-refractivity contribution in [3.63, 3.8) is 0 Å². The van der Waals surface area contributed by atoms with Crippen molar-refractivity contribution >= 4 is 5.97 Å². The van der Waals surface area contributed by atoms with Crippen molar-refractivity contribution in [1.82, 2.24) is 5.32 Å². The second-order valence-corrected chi connectivity index (χ2v) is 3.21. The maximum Gasteiger partial charge on any atom is 0.323 e. The molecule has 1 fully saturated rings. The van der Waals surface area contributed by atoms with Gasteiger partial charge < -0.3 is 10.4 Å². The largest absolute Gasteiger partial charge is 0.480 e. The average molecular weight is 175 g/mol. The highest BCUT2D eigenvalue weighted by Crippen LogP contribution is 2.31. The Morgan fingerprint density at radius 2 is 2.25 bits per heavy atom. The predicted octanol–water partition coefficient (Wildman–Crippen LogP) is 0.943. The minimum atomic E-state index is -0.799. The highest BCUT2D eigenvalue weighted by molar-refractivity contribution is 5.79. The molecule has 0 unspecified atom stereocenters. The van der Waals surface area contributed by atoms with Crippen molar-refractivity contribution in [3.05, 3.63) is 0 Å². The molecule has 4 heteroatoms. The zero-order valence-corrected chi connectivity index (χ0v) is 6.98. The Kier molecular flexibility index (Phi) is 3.03. The lowest BCUT2D eigenvalue weighted by molar-refractivity contribution is -0.148. The number of hydrogen-bond acceptors (Lipinski definition) is 2. The fraction of sp³-hybridized carbons (Fsp3) is 0.875. The van der Waals surface area contributed by atoms with Crippen molar-refractivity contribution in [3.8, 4) is 0 Å². The molecule has 12 heavy (non-hydrogen) atoms. The summed E-state index contributed by atoms with van der Waals surface area (Å²) in [5.41, 5.74) is -0.727. The normalized spacial score (nSPS) is 20.1. The van der Waals surface area contributed by atoms with Crippen molar-refractivity contribution < 1.29 is 14.3 Å². The summed E-state index contributed by atoms with van der Waals surface area (Å²) in [5.74, 6) is -0.799. The zero-order chi connectivity index (χ0) is 9.03.